The molecule has 2 aromatic heterocycles. The average molecular weight is 479 g/mol. The first-order valence-corrected chi connectivity index (χ1v) is 11.8. The molecule has 0 aliphatic heterocycles. The number of aliphatic carboxylic acids is 1. The number of ether oxygens (including phenoxy) is 2. The van der Waals surface area contributed by atoms with Crippen LogP contribution in [0.1, 0.15) is 28.8 Å². The van der Waals surface area contributed by atoms with Gasteiger partial charge in [0, 0.05) is 30.2 Å². The number of nitrogens with zero attached hydrogens (tertiary/aromatic N) is 2. The summed E-state index contributed by atoms with van der Waals surface area (Å²) >= 11 is 1.60. The molecule has 0 bridgehead atoms. The second-order valence-electron chi connectivity index (χ2n) is 7.86. The summed E-state index contributed by atoms with van der Waals surface area (Å²) in [6, 6.07) is 17.4. The van der Waals surface area contributed by atoms with E-state index in [1.54, 1.807) is 18.3 Å². The summed E-state index contributed by atoms with van der Waals surface area (Å²) in [5, 5.41) is 14.1. The van der Waals surface area contributed by atoms with Gasteiger partial charge in [0.1, 0.15) is 17.4 Å². The van der Waals surface area contributed by atoms with Crippen molar-refractivity contribution in [3.63, 3.8) is 0 Å². The Bertz CT molecular complexity index is 1250. The zero-order valence-electron chi connectivity index (χ0n) is 19.3. The summed E-state index contributed by atoms with van der Waals surface area (Å²) in [6.45, 7) is 6.44. The van der Waals surface area contributed by atoms with E-state index in [-0.39, 0.29) is 0 Å². The molecule has 1 unspecified atom stereocenters. The van der Waals surface area contributed by atoms with Crippen LogP contribution < -0.4 is 4.74 Å². The predicted octanol–water partition coefficient (Wildman–Crippen LogP) is 5.69. The first-order valence-electron chi connectivity index (χ1n) is 11.0. The molecular weight excluding hydrogens is 452 g/mol. The Labute approximate surface area is 202 Å². The van der Waals surface area contributed by atoms with E-state index in [9.17, 15) is 9.90 Å². The van der Waals surface area contributed by atoms with Gasteiger partial charge in [0.25, 0.3) is 0 Å². The lowest BCUT2D eigenvalue weighted by Gasteiger charge is -2.12. The maximum Gasteiger partial charge on any atom is 0.333 e. The highest BCUT2D eigenvalue weighted by Crippen LogP contribution is 2.31. The molecular formula is C26H26N2O5S. The van der Waals surface area contributed by atoms with Gasteiger partial charge in [0.2, 0.25) is 0 Å². The number of carboxylic acid groups (broad SMARTS) is 1. The molecule has 2 aromatic carbocycles. The minimum Gasteiger partial charge on any atom is -0.488 e. The van der Waals surface area contributed by atoms with Crippen molar-refractivity contribution in [2.45, 2.75) is 39.9 Å². The van der Waals surface area contributed by atoms with Crippen LogP contribution in [0.2, 0.25) is 0 Å². The van der Waals surface area contributed by atoms with Gasteiger partial charge in [-0.15, -0.1) is 11.3 Å². The van der Waals surface area contributed by atoms with E-state index in [2.05, 4.69) is 5.16 Å². The number of aromatic nitrogens is 2. The van der Waals surface area contributed by atoms with Gasteiger partial charge in [-0.25, -0.2) is 9.78 Å². The van der Waals surface area contributed by atoms with E-state index >= 15 is 0 Å². The van der Waals surface area contributed by atoms with Gasteiger partial charge in [-0.3, -0.25) is 0 Å². The zero-order valence-corrected chi connectivity index (χ0v) is 20.1. The summed E-state index contributed by atoms with van der Waals surface area (Å²) < 4.78 is 16.6. The van der Waals surface area contributed by atoms with Gasteiger partial charge in [-0.05, 0) is 38.5 Å². The van der Waals surface area contributed by atoms with Gasteiger partial charge in [0.15, 0.2) is 11.9 Å². The standard InChI is InChI=1S/C26H26N2O5S/c1-4-31-23(26(29)30)14-18-5-11-21(12-6-18)32-15-24-17(3)27-25(34-24)20-9-7-19(8-10-20)22-13-16(2)28-33-22/h5-13,23H,4,14-15H2,1-3H3,(H,29,30). The van der Waals surface area contributed by atoms with Crippen molar-refractivity contribution >= 4 is 17.3 Å². The number of thiazole rings is 1. The molecule has 0 radical (unpaired) electrons. The molecule has 176 valence electrons. The van der Waals surface area contributed by atoms with Gasteiger partial charge in [0.05, 0.1) is 16.3 Å². The minimum absolute atomic E-state index is 0.315. The molecule has 0 aliphatic rings. The topological polar surface area (TPSA) is 94.7 Å². The summed E-state index contributed by atoms with van der Waals surface area (Å²) in [5.41, 5.74) is 4.68. The number of hydrogen-bond acceptors (Lipinski definition) is 7. The van der Waals surface area contributed by atoms with Crippen LogP contribution in [0.4, 0.5) is 0 Å². The summed E-state index contributed by atoms with van der Waals surface area (Å²) in [5.74, 6) is 0.505. The quantitative estimate of drug-likeness (QED) is 0.313. The van der Waals surface area contributed by atoms with Crippen molar-refractivity contribution in [1.29, 1.82) is 0 Å². The molecule has 0 saturated heterocycles. The maximum absolute atomic E-state index is 11.3. The van der Waals surface area contributed by atoms with E-state index in [0.717, 1.165) is 43.7 Å². The molecule has 34 heavy (non-hydrogen) atoms. The van der Waals surface area contributed by atoms with Crippen molar-refractivity contribution in [2.75, 3.05) is 6.61 Å². The molecule has 8 heteroatoms. The second-order valence-corrected chi connectivity index (χ2v) is 8.94. The molecule has 0 fully saturated rings. The highest BCUT2D eigenvalue weighted by atomic mass is 32.1. The predicted molar refractivity (Wildman–Crippen MR) is 130 cm³/mol. The van der Waals surface area contributed by atoms with E-state index < -0.39 is 12.1 Å². The fourth-order valence-electron chi connectivity index (χ4n) is 3.47. The number of carboxylic acids is 1. The van der Waals surface area contributed by atoms with E-state index in [1.165, 1.54) is 0 Å². The Balaban J connectivity index is 1.38. The zero-order chi connectivity index (χ0) is 24.1. The lowest BCUT2D eigenvalue weighted by molar-refractivity contribution is -0.149. The van der Waals surface area contributed by atoms with Crippen LogP contribution in [0.5, 0.6) is 5.75 Å². The molecule has 4 rings (SSSR count). The molecule has 0 aliphatic carbocycles. The van der Waals surface area contributed by atoms with E-state index in [4.69, 9.17) is 19.0 Å². The molecule has 0 amide bonds. The van der Waals surface area contributed by atoms with Crippen molar-refractivity contribution in [3.05, 3.63) is 76.4 Å². The monoisotopic (exact) mass is 478 g/mol. The van der Waals surface area contributed by atoms with Crippen LogP contribution in [0.25, 0.3) is 21.9 Å². The third-order valence-corrected chi connectivity index (χ3v) is 6.47. The molecule has 1 atom stereocenters. The Morgan fingerprint density at radius 3 is 2.41 bits per heavy atom. The SMILES string of the molecule is CCOC(Cc1ccc(OCc2sc(-c3ccc(-c4cc(C)no4)cc3)nc2C)cc1)C(=O)O. The largest absolute Gasteiger partial charge is 0.488 e. The minimum atomic E-state index is -0.957. The van der Waals surface area contributed by atoms with Crippen molar-refractivity contribution in [2.24, 2.45) is 0 Å². The first-order chi connectivity index (χ1) is 16.4. The first kappa shape index (κ1) is 23.7. The van der Waals surface area contributed by atoms with Crippen LogP contribution in [0.15, 0.2) is 59.1 Å². The van der Waals surface area contributed by atoms with Crippen molar-refractivity contribution < 1.29 is 23.9 Å². The Morgan fingerprint density at radius 2 is 1.79 bits per heavy atom. The normalized spacial score (nSPS) is 12.0. The third kappa shape index (κ3) is 5.70. The molecule has 4 aromatic rings. The Hall–Kier alpha value is -3.49. The van der Waals surface area contributed by atoms with Crippen LogP contribution >= 0.6 is 11.3 Å². The van der Waals surface area contributed by atoms with Gasteiger partial charge < -0.3 is 19.1 Å². The summed E-state index contributed by atoms with van der Waals surface area (Å²) in [4.78, 5) is 17.0. The number of rotatable bonds is 10. The Morgan fingerprint density at radius 1 is 1.09 bits per heavy atom. The van der Waals surface area contributed by atoms with Crippen molar-refractivity contribution in [3.8, 4) is 27.6 Å². The molecule has 1 N–H and O–H groups in total. The summed E-state index contributed by atoms with van der Waals surface area (Å²) in [7, 11) is 0. The number of aryl methyl sites for hydroxylation is 2. The van der Waals surface area contributed by atoms with Gasteiger partial charge in [-0.1, -0.05) is 41.6 Å². The number of benzene rings is 2. The van der Waals surface area contributed by atoms with Gasteiger partial charge >= 0.3 is 5.97 Å². The Kier molecular flexibility index (Phi) is 7.40. The van der Waals surface area contributed by atoms with Crippen LogP contribution in [-0.4, -0.2) is 33.9 Å². The van der Waals surface area contributed by atoms with Gasteiger partial charge in [-0.2, -0.15) is 0 Å². The smallest absolute Gasteiger partial charge is 0.333 e. The second kappa shape index (κ2) is 10.6. The highest BCUT2D eigenvalue weighted by molar-refractivity contribution is 7.15. The molecule has 7 nitrogen and oxygen atoms in total. The molecule has 0 spiro atoms. The average Bonchev–Trinajstić information content (AvgIpc) is 3.43. The van der Waals surface area contributed by atoms with E-state index in [1.807, 2.05) is 68.4 Å². The lowest BCUT2D eigenvalue weighted by Crippen LogP contribution is -2.26. The third-order valence-electron chi connectivity index (χ3n) is 5.29. The molecule has 2 heterocycles. The van der Waals surface area contributed by atoms with E-state index in [0.29, 0.717) is 25.4 Å². The fraction of sp³-hybridized carbons (Fsp3) is 0.269. The van der Waals surface area contributed by atoms with Crippen LogP contribution in [0.3, 0.4) is 0 Å². The highest BCUT2D eigenvalue weighted by Gasteiger charge is 2.18. The number of hydrogen-bond donors (Lipinski definition) is 1. The summed E-state index contributed by atoms with van der Waals surface area (Å²) in [6.07, 6.45) is -0.528. The van der Waals surface area contributed by atoms with Crippen molar-refractivity contribution in [1.82, 2.24) is 10.1 Å². The fourth-order valence-corrected chi connectivity index (χ4v) is 4.45. The molecule has 0 saturated carbocycles. The van der Waals surface area contributed by atoms with Crippen LogP contribution in [0, 0.1) is 13.8 Å². The number of carbonyl (C=O) groups is 1. The lowest BCUT2D eigenvalue weighted by atomic mass is 10.1. The van der Waals surface area contributed by atoms with Crippen LogP contribution in [-0.2, 0) is 22.6 Å². The maximum atomic E-state index is 11.3.